The minimum absolute atomic E-state index is 0.439. The van der Waals surface area contributed by atoms with E-state index in [1.165, 1.54) is 24.8 Å². The van der Waals surface area contributed by atoms with E-state index in [9.17, 15) is 5.26 Å². The largest absolute Gasteiger partial charge is 0.388 e. The van der Waals surface area contributed by atoms with Crippen molar-refractivity contribution in [3.05, 3.63) is 47.2 Å². The smallest absolute Gasteiger partial charge is 0.227 e. The normalized spacial score (nSPS) is 14.3. The molecule has 5 nitrogen and oxygen atoms in total. The predicted molar refractivity (Wildman–Crippen MR) is 132 cm³/mol. The van der Waals surface area contributed by atoms with Crippen LogP contribution < -0.4 is 10.6 Å². The van der Waals surface area contributed by atoms with E-state index in [1.54, 1.807) is 23.1 Å². The number of nitriles is 1. The zero-order valence-electron chi connectivity index (χ0n) is 18.2. The number of hydrogen-bond acceptors (Lipinski definition) is 7. The molecule has 1 aliphatic carbocycles. The Bertz CT molecular complexity index is 1110. The zero-order chi connectivity index (χ0) is 21.8. The van der Waals surface area contributed by atoms with Crippen LogP contribution in [0.3, 0.4) is 0 Å². The van der Waals surface area contributed by atoms with Crippen molar-refractivity contribution in [3.8, 4) is 16.6 Å². The summed E-state index contributed by atoms with van der Waals surface area (Å²) in [5, 5.41) is 16.5. The summed E-state index contributed by atoms with van der Waals surface area (Å²) in [7, 11) is 1.90. The summed E-state index contributed by atoms with van der Waals surface area (Å²) in [4.78, 5) is 10.6. The Balaban J connectivity index is 1.77. The van der Waals surface area contributed by atoms with Crippen LogP contribution in [0.2, 0.25) is 0 Å². The maximum absolute atomic E-state index is 9.98. The van der Waals surface area contributed by atoms with Gasteiger partial charge in [0.25, 0.3) is 0 Å². The Kier molecular flexibility index (Phi) is 6.79. The Hall–Kier alpha value is -2.56. The molecule has 1 saturated carbocycles. The molecule has 0 amide bonds. The van der Waals surface area contributed by atoms with Gasteiger partial charge < -0.3 is 10.6 Å². The van der Waals surface area contributed by atoms with Gasteiger partial charge in [-0.1, -0.05) is 25.3 Å². The topological polar surface area (TPSA) is 73.6 Å². The van der Waals surface area contributed by atoms with Crippen LogP contribution >= 0.6 is 23.1 Å². The van der Waals surface area contributed by atoms with Crippen LogP contribution in [0.4, 0.5) is 17.3 Å². The fourth-order valence-electron chi connectivity index (χ4n) is 4.24. The van der Waals surface area contributed by atoms with Crippen molar-refractivity contribution in [1.29, 1.82) is 5.26 Å². The first kappa shape index (κ1) is 21.7. The van der Waals surface area contributed by atoms with E-state index in [4.69, 9.17) is 4.98 Å². The molecule has 1 fully saturated rings. The van der Waals surface area contributed by atoms with E-state index in [2.05, 4.69) is 34.9 Å². The zero-order valence-corrected chi connectivity index (χ0v) is 19.8. The number of aromatic nitrogens is 2. The minimum Gasteiger partial charge on any atom is -0.388 e. The fourth-order valence-corrected chi connectivity index (χ4v) is 6.31. The molecule has 160 valence electrons. The summed E-state index contributed by atoms with van der Waals surface area (Å²) in [6.45, 7) is 2.05. The molecule has 4 rings (SSSR count). The molecule has 31 heavy (non-hydrogen) atoms. The number of rotatable bonds is 6. The SMILES string of the molecule is CNc1cccc(Nc2ncc(C)c(-c3sc(SC)c(C#N)c3C3CCCCC3)n2)c1. The molecule has 2 aromatic heterocycles. The quantitative estimate of drug-likeness (QED) is 0.397. The first-order valence-corrected chi connectivity index (χ1v) is 12.7. The summed E-state index contributed by atoms with van der Waals surface area (Å²) >= 11 is 3.37. The molecule has 0 spiro atoms. The molecule has 0 radical (unpaired) electrons. The molecular formula is C24H27N5S2. The average Bonchev–Trinajstić information content (AvgIpc) is 3.19. The summed E-state index contributed by atoms with van der Waals surface area (Å²) in [6, 6.07) is 10.6. The second kappa shape index (κ2) is 9.71. The second-order valence-electron chi connectivity index (χ2n) is 7.84. The Morgan fingerprint density at radius 2 is 1.97 bits per heavy atom. The van der Waals surface area contributed by atoms with E-state index in [0.29, 0.717) is 11.9 Å². The first-order chi connectivity index (χ1) is 15.1. The minimum atomic E-state index is 0.439. The molecule has 2 heterocycles. The molecule has 2 N–H and O–H groups in total. The van der Waals surface area contributed by atoms with E-state index < -0.39 is 0 Å². The lowest BCUT2D eigenvalue weighted by Crippen LogP contribution is -2.07. The molecule has 0 aliphatic heterocycles. The van der Waals surface area contributed by atoms with Crippen LogP contribution in [0.1, 0.15) is 54.7 Å². The van der Waals surface area contributed by atoms with Crippen molar-refractivity contribution in [3.63, 3.8) is 0 Å². The van der Waals surface area contributed by atoms with Gasteiger partial charge in [0, 0.05) is 24.6 Å². The summed E-state index contributed by atoms with van der Waals surface area (Å²) in [5.41, 5.74) is 5.99. The van der Waals surface area contributed by atoms with E-state index >= 15 is 0 Å². The number of anilines is 3. The number of nitrogens with one attached hydrogen (secondary N) is 2. The number of hydrogen-bond donors (Lipinski definition) is 2. The molecule has 1 aromatic carbocycles. The third-order valence-electron chi connectivity index (χ3n) is 5.82. The van der Waals surface area contributed by atoms with Gasteiger partial charge in [0.1, 0.15) is 6.07 Å². The average molecular weight is 450 g/mol. The number of thiophene rings is 1. The Morgan fingerprint density at radius 3 is 2.68 bits per heavy atom. The first-order valence-electron chi connectivity index (χ1n) is 10.6. The lowest BCUT2D eigenvalue weighted by atomic mass is 9.82. The third-order valence-corrected chi connectivity index (χ3v) is 8.15. The van der Waals surface area contributed by atoms with Gasteiger partial charge in [-0.2, -0.15) is 5.26 Å². The predicted octanol–water partition coefficient (Wildman–Crippen LogP) is 6.94. The highest BCUT2D eigenvalue weighted by atomic mass is 32.2. The van der Waals surface area contributed by atoms with E-state index in [1.807, 2.05) is 37.5 Å². The van der Waals surface area contributed by atoms with Crippen LogP contribution in [0.5, 0.6) is 0 Å². The lowest BCUT2D eigenvalue weighted by molar-refractivity contribution is 0.444. The Labute approximate surface area is 192 Å². The number of aryl methyl sites for hydroxylation is 1. The van der Waals surface area contributed by atoms with Crippen LogP contribution in [-0.2, 0) is 0 Å². The van der Waals surface area contributed by atoms with E-state index in [0.717, 1.165) is 50.1 Å². The maximum atomic E-state index is 9.98. The van der Waals surface area contributed by atoms with Crippen molar-refractivity contribution >= 4 is 40.4 Å². The van der Waals surface area contributed by atoms with E-state index in [-0.39, 0.29) is 0 Å². The molecule has 3 aromatic rings. The van der Waals surface area contributed by atoms with Crippen LogP contribution in [0, 0.1) is 18.3 Å². The standard InChI is InChI=1S/C24H27N5S2/c1-15-14-27-24(28-18-11-7-10-17(12-18)26-2)29-21(15)22-20(16-8-5-4-6-9-16)19(13-25)23(30-3)31-22/h7,10-12,14,16,26H,4-6,8-9H2,1-3H3,(H,27,28,29). The van der Waals surface area contributed by atoms with Gasteiger partial charge >= 0.3 is 0 Å². The number of nitrogens with zero attached hydrogens (tertiary/aromatic N) is 3. The fraction of sp³-hybridized carbons (Fsp3) is 0.375. The molecule has 0 atom stereocenters. The van der Waals surface area contributed by atoms with Crippen LogP contribution in [0.25, 0.3) is 10.6 Å². The van der Waals surface area contributed by atoms with Crippen molar-refractivity contribution in [2.75, 3.05) is 23.9 Å². The molecule has 0 unspecified atom stereocenters. The second-order valence-corrected chi connectivity index (χ2v) is 9.93. The Morgan fingerprint density at radius 1 is 1.19 bits per heavy atom. The highest BCUT2D eigenvalue weighted by molar-refractivity contribution is 8.00. The molecule has 0 bridgehead atoms. The van der Waals surface area contributed by atoms with Crippen molar-refractivity contribution in [1.82, 2.24) is 9.97 Å². The van der Waals surface area contributed by atoms with Crippen molar-refractivity contribution < 1.29 is 0 Å². The monoisotopic (exact) mass is 449 g/mol. The third kappa shape index (κ3) is 4.56. The highest BCUT2D eigenvalue weighted by Gasteiger charge is 2.28. The molecular weight excluding hydrogens is 422 g/mol. The summed E-state index contributed by atoms with van der Waals surface area (Å²) in [5.74, 6) is 1.01. The maximum Gasteiger partial charge on any atom is 0.227 e. The highest BCUT2D eigenvalue weighted by Crippen LogP contribution is 2.48. The summed E-state index contributed by atoms with van der Waals surface area (Å²) < 4.78 is 1.09. The van der Waals surface area contributed by atoms with Crippen molar-refractivity contribution in [2.45, 2.75) is 49.2 Å². The van der Waals surface area contributed by atoms with Gasteiger partial charge in [-0.05, 0) is 61.3 Å². The lowest BCUT2D eigenvalue weighted by Gasteiger charge is -2.23. The van der Waals surface area contributed by atoms with Gasteiger partial charge in [-0.15, -0.1) is 23.1 Å². The van der Waals surface area contributed by atoms with Gasteiger partial charge in [-0.25, -0.2) is 9.97 Å². The van der Waals surface area contributed by atoms with Crippen molar-refractivity contribution in [2.24, 2.45) is 0 Å². The van der Waals surface area contributed by atoms with Gasteiger partial charge in [-0.3, -0.25) is 0 Å². The van der Waals surface area contributed by atoms with Gasteiger partial charge in [0.15, 0.2) is 0 Å². The number of benzene rings is 1. The van der Waals surface area contributed by atoms with Crippen LogP contribution in [0.15, 0.2) is 34.7 Å². The van der Waals surface area contributed by atoms with Gasteiger partial charge in [0.2, 0.25) is 5.95 Å². The molecule has 0 saturated heterocycles. The summed E-state index contributed by atoms with van der Waals surface area (Å²) in [6.07, 6.45) is 9.99. The van der Waals surface area contributed by atoms with Crippen LogP contribution in [-0.4, -0.2) is 23.3 Å². The van der Waals surface area contributed by atoms with Gasteiger partial charge in [0.05, 0.1) is 20.3 Å². The number of thioether (sulfide) groups is 1. The molecule has 1 aliphatic rings. The molecule has 7 heteroatoms.